The average Bonchev–Trinajstić information content (AvgIpc) is 3.12. The minimum Gasteiger partial charge on any atom is -0.298 e. The maximum Gasteiger partial charge on any atom is 0.150 e. The summed E-state index contributed by atoms with van der Waals surface area (Å²) in [5.74, 6) is 0. The molecule has 0 radical (unpaired) electrons. The quantitative estimate of drug-likeness (QED) is 0.435. The fourth-order valence-electron chi connectivity index (χ4n) is 3.30. The number of carbonyl (C=O) groups is 1. The molecule has 0 aromatic heterocycles. The van der Waals surface area contributed by atoms with Gasteiger partial charge >= 0.3 is 0 Å². The van der Waals surface area contributed by atoms with Gasteiger partial charge in [0.2, 0.25) is 0 Å². The molecule has 0 aliphatic carbocycles. The minimum absolute atomic E-state index is 0.675. The van der Waals surface area contributed by atoms with E-state index in [4.69, 9.17) is 9.98 Å². The van der Waals surface area contributed by atoms with E-state index < -0.39 is 0 Å². The van der Waals surface area contributed by atoms with Crippen LogP contribution in [0.2, 0.25) is 0 Å². The lowest BCUT2D eigenvalue weighted by Crippen LogP contribution is -2.27. The van der Waals surface area contributed by atoms with Crippen LogP contribution in [0.15, 0.2) is 64.6 Å². The summed E-state index contributed by atoms with van der Waals surface area (Å²) in [4.78, 5) is 21.1. The number of hydrogen-bond donors (Lipinski definition) is 0. The van der Waals surface area contributed by atoms with E-state index in [1.54, 1.807) is 0 Å². The molecule has 22 heavy (non-hydrogen) atoms. The molecule has 0 unspecified atom stereocenters. The van der Waals surface area contributed by atoms with Crippen molar-refractivity contribution in [3.63, 3.8) is 0 Å². The Balaban J connectivity index is 1.98. The number of carbonyl (C=O) groups excluding carboxylic acids is 1. The number of rotatable bonds is 1. The van der Waals surface area contributed by atoms with Crippen molar-refractivity contribution < 1.29 is 4.79 Å². The first-order valence-corrected chi connectivity index (χ1v) is 7.15. The number of benzene rings is 3. The molecular weight excluding hydrogens is 272 g/mol. The maximum absolute atomic E-state index is 11.6. The maximum atomic E-state index is 11.6. The van der Waals surface area contributed by atoms with Crippen LogP contribution in [0.25, 0.3) is 22.3 Å². The molecule has 0 saturated carbocycles. The van der Waals surface area contributed by atoms with Crippen LogP contribution in [-0.4, -0.2) is 6.29 Å². The third kappa shape index (κ3) is 1.33. The Kier molecular flexibility index (Phi) is 2.09. The zero-order valence-electron chi connectivity index (χ0n) is 11.6. The van der Waals surface area contributed by atoms with Gasteiger partial charge in [0, 0.05) is 27.8 Å². The van der Waals surface area contributed by atoms with Gasteiger partial charge in [-0.2, -0.15) is 0 Å². The van der Waals surface area contributed by atoms with Crippen LogP contribution >= 0.6 is 0 Å². The molecule has 0 spiro atoms. The normalized spacial score (nSPS) is 12.5. The van der Waals surface area contributed by atoms with Crippen LogP contribution in [0.3, 0.4) is 0 Å². The van der Waals surface area contributed by atoms with Crippen molar-refractivity contribution in [2.45, 2.75) is 0 Å². The first-order valence-electron chi connectivity index (χ1n) is 7.15. The molecule has 0 fully saturated rings. The van der Waals surface area contributed by atoms with E-state index in [1.165, 1.54) is 0 Å². The van der Waals surface area contributed by atoms with Crippen molar-refractivity contribution in [1.82, 2.24) is 0 Å². The second kappa shape index (κ2) is 3.98. The number of aldehydes is 1. The number of para-hydroxylation sites is 2. The Morgan fingerprint density at radius 1 is 0.727 bits per heavy atom. The van der Waals surface area contributed by atoms with Gasteiger partial charge in [-0.25, -0.2) is 9.98 Å². The zero-order valence-corrected chi connectivity index (χ0v) is 11.6. The highest BCUT2D eigenvalue weighted by Crippen LogP contribution is 2.37. The summed E-state index contributed by atoms with van der Waals surface area (Å²) in [6.45, 7) is 0. The van der Waals surface area contributed by atoms with Crippen LogP contribution in [0.4, 0.5) is 11.4 Å². The molecule has 3 aromatic rings. The van der Waals surface area contributed by atoms with Crippen molar-refractivity contribution in [2.75, 3.05) is 0 Å². The predicted molar refractivity (Wildman–Crippen MR) is 84.3 cm³/mol. The molecule has 0 bridgehead atoms. The van der Waals surface area contributed by atoms with Crippen LogP contribution in [-0.2, 0) is 0 Å². The van der Waals surface area contributed by atoms with E-state index in [0.29, 0.717) is 5.56 Å². The van der Waals surface area contributed by atoms with Gasteiger partial charge in [0.15, 0.2) is 6.29 Å². The molecule has 102 valence electrons. The first-order chi connectivity index (χ1) is 10.9. The first kappa shape index (κ1) is 11.6. The summed E-state index contributed by atoms with van der Waals surface area (Å²) in [5, 5.41) is 1.69. The smallest absolute Gasteiger partial charge is 0.150 e. The van der Waals surface area contributed by atoms with Crippen LogP contribution in [0, 0.1) is 0 Å². The van der Waals surface area contributed by atoms with E-state index in [1.807, 2.05) is 54.6 Å². The van der Waals surface area contributed by atoms with Crippen molar-refractivity contribution in [1.29, 1.82) is 0 Å². The Bertz CT molecular complexity index is 1100. The molecule has 3 heteroatoms. The summed E-state index contributed by atoms with van der Waals surface area (Å²) in [6.07, 6.45) is 0.914. The minimum atomic E-state index is 0.675. The van der Waals surface area contributed by atoms with E-state index in [0.717, 1.165) is 50.6 Å². The predicted octanol–water partition coefficient (Wildman–Crippen LogP) is 3.36. The zero-order chi connectivity index (χ0) is 14.7. The van der Waals surface area contributed by atoms with Gasteiger partial charge in [-0.1, -0.05) is 36.4 Å². The molecule has 2 aliphatic heterocycles. The van der Waals surface area contributed by atoms with E-state index >= 15 is 0 Å². The molecule has 0 saturated heterocycles. The Morgan fingerprint density at radius 3 is 2.14 bits per heavy atom. The van der Waals surface area contributed by atoms with Crippen molar-refractivity contribution in [2.24, 2.45) is 9.98 Å². The third-order valence-electron chi connectivity index (χ3n) is 4.26. The fraction of sp³-hybridized carbons (Fsp3) is 0. The van der Waals surface area contributed by atoms with Gasteiger partial charge in [0.1, 0.15) is 0 Å². The van der Waals surface area contributed by atoms with Gasteiger partial charge in [0.25, 0.3) is 0 Å². The number of hydrogen-bond acceptors (Lipinski definition) is 3. The van der Waals surface area contributed by atoms with E-state index in [9.17, 15) is 4.79 Å². The molecular formula is C19H10N2O. The van der Waals surface area contributed by atoms with Gasteiger partial charge < -0.3 is 0 Å². The average molecular weight is 282 g/mol. The van der Waals surface area contributed by atoms with Crippen LogP contribution in [0.1, 0.15) is 10.4 Å². The van der Waals surface area contributed by atoms with Crippen molar-refractivity contribution in [3.05, 3.63) is 70.9 Å². The molecule has 3 aromatic carbocycles. The molecule has 2 heterocycles. The number of nitrogens with zero attached hydrogens (tertiary/aromatic N) is 2. The van der Waals surface area contributed by atoms with Crippen molar-refractivity contribution in [3.8, 4) is 22.3 Å². The molecule has 3 nitrogen and oxygen atoms in total. The van der Waals surface area contributed by atoms with Gasteiger partial charge in [-0.15, -0.1) is 0 Å². The second-order valence-electron chi connectivity index (χ2n) is 5.46. The highest BCUT2D eigenvalue weighted by molar-refractivity contribution is 5.95. The summed E-state index contributed by atoms with van der Waals surface area (Å²) < 4.78 is 0. The lowest BCUT2D eigenvalue weighted by molar-refractivity contribution is 0.112. The number of fused-ring (bicyclic) bond motifs is 7. The van der Waals surface area contributed by atoms with Gasteiger partial charge in [-0.3, -0.25) is 4.79 Å². The summed E-state index contributed by atoms with van der Waals surface area (Å²) in [6, 6.07) is 17.8. The molecule has 0 atom stereocenters. The second-order valence-corrected chi connectivity index (χ2v) is 5.46. The van der Waals surface area contributed by atoms with E-state index in [2.05, 4.69) is 0 Å². The summed E-state index contributed by atoms with van der Waals surface area (Å²) >= 11 is 0. The van der Waals surface area contributed by atoms with Crippen molar-refractivity contribution >= 4 is 17.7 Å². The molecule has 2 aliphatic rings. The topological polar surface area (TPSA) is 41.8 Å². The van der Waals surface area contributed by atoms with Gasteiger partial charge in [-0.05, 0) is 18.2 Å². The Morgan fingerprint density at radius 2 is 1.36 bits per heavy atom. The Labute approximate surface area is 126 Å². The molecule has 0 amide bonds. The Hall–Kier alpha value is -3.07. The lowest BCUT2D eigenvalue weighted by Gasteiger charge is -2.04. The SMILES string of the molecule is O=Cc1cc2c(c3c1-c1ccccc1N=3)=Nc1ccccc1-2. The summed E-state index contributed by atoms with van der Waals surface area (Å²) in [5.41, 5.74) is 6.49. The van der Waals surface area contributed by atoms with Crippen LogP contribution in [0.5, 0.6) is 0 Å². The standard InChI is InChI=1S/C19H10N2O/c22-10-11-9-14-12-5-1-3-7-15(12)20-18(14)19-17(11)13-6-2-4-8-16(13)21-19/h1-10H. The van der Waals surface area contributed by atoms with Gasteiger partial charge in [0.05, 0.1) is 22.1 Å². The monoisotopic (exact) mass is 282 g/mol. The highest BCUT2D eigenvalue weighted by atomic mass is 16.1. The lowest BCUT2D eigenvalue weighted by atomic mass is 9.95. The largest absolute Gasteiger partial charge is 0.298 e. The third-order valence-corrected chi connectivity index (χ3v) is 4.26. The molecule has 5 rings (SSSR count). The molecule has 0 N–H and O–H groups in total. The summed E-state index contributed by atoms with van der Waals surface area (Å²) in [7, 11) is 0. The van der Waals surface area contributed by atoms with E-state index in [-0.39, 0.29) is 0 Å². The van der Waals surface area contributed by atoms with Crippen LogP contribution < -0.4 is 10.7 Å². The highest BCUT2D eigenvalue weighted by Gasteiger charge is 2.24. The fourth-order valence-corrected chi connectivity index (χ4v) is 3.30.